The Balaban J connectivity index is 2.10. The van der Waals surface area contributed by atoms with E-state index >= 15 is 0 Å². The Morgan fingerprint density at radius 2 is 1.86 bits per heavy atom. The minimum Gasteiger partial charge on any atom is -0.368 e. The first-order valence-electron chi connectivity index (χ1n) is 7.14. The number of nitrogens with zero attached hydrogens (tertiary/aromatic N) is 3. The van der Waals surface area contributed by atoms with Crippen molar-refractivity contribution in [1.29, 1.82) is 0 Å². The number of hydrogen-bond donors (Lipinski definition) is 2. The molecule has 0 amide bonds. The maximum Gasteiger partial charge on any atom is 0.418 e. The highest BCUT2D eigenvalue weighted by Gasteiger charge is 2.27. The van der Waals surface area contributed by atoms with Crippen molar-refractivity contribution in [3.05, 3.63) is 11.9 Å². The Kier molecular flexibility index (Phi) is 5.07. The van der Waals surface area contributed by atoms with Crippen LogP contribution in [0, 0.1) is 0 Å². The lowest BCUT2D eigenvalue weighted by Crippen LogP contribution is -2.47. The number of likely N-dealkylation sites (tertiary alicyclic amines) is 1. The number of hydrogen-bond acceptors (Lipinski definition) is 7. The van der Waals surface area contributed by atoms with E-state index in [4.69, 9.17) is 10.3 Å². The van der Waals surface area contributed by atoms with E-state index < -0.39 is 16.4 Å². The minimum absolute atomic E-state index is 0.0836. The van der Waals surface area contributed by atoms with Gasteiger partial charge in [0.1, 0.15) is 5.82 Å². The van der Waals surface area contributed by atoms with Crippen molar-refractivity contribution in [2.45, 2.75) is 45.1 Å². The summed E-state index contributed by atoms with van der Waals surface area (Å²) in [6.07, 6.45) is 7.67. The largest absolute Gasteiger partial charge is 0.418 e. The Bertz CT molecular complexity index is 523. The van der Waals surface area contributed by atoms with E-state index in [0.29, 0.717) is 0 Å². The average Bonchev–Trinajstić information content (AvgIpc) is 2.32. The van der Waals surface area contributed by atoms with Crippen molar-refractivity contribution in [3.8, 4) is 0 Å². The van der Waals surface area contributed by atoms with Crippen molar-refractivity contribution < 1.29 is 17.3 Å². The molecule has 9 heteroatoms. The predicted octanol–water partition coefficient (Wildman–Crippen LogP) is 0.847. The number of rotatable bonds is 3. The van der Waals surface area contributed by atoms with Crippen LogP contribution in [0.5, 0.6) is 0 Å². The van der Waals surface area contributed by atoms with Crippen LogP contribution in [0.4, 0.5) is 0 Å². The van der Waals surface area contributed by atoms with Crippen LogP contribution in [0.15, 0.2) is 16.9 Å². The molecule has 3 N–H and O–H groups in total. The molecular formula is C12H22N4O4S. The van der Waals surface area contributed by atoms with Gasteiger partial charge in [0.15, 0.2) is 0 Å². The fourth-order valence-corrected chi connectivity index (χ4v) is 2.97. The second kappa shape index (κ2) is 6.63. The quantitative estimate of drug-likeness (QED) is 0.742. The number of guanidine groups is 1. The lowest BCUT2D eigenvalue weighted by Gasteiger charge is -2.33. The van der Waals surface area contributed by atoms with Crippen molar-refractivity contribution in [2.24, 2.45) is 10.7 Å². The summed E-state index contributed by atoms with van der Waals surface area (Å²) in [5, 5.41) is 0.878. The minimum atomic E-state index is -4.62. The zero-order valence-corrected chi connectivity index (χ0v) is 12.9. The molecule has 1 fully saturated rings. The molecule has 2 aliphatic rings. The van der Waals surface area contributed by atoms with E-state index in [-0.39, 0.29) is 5.96 Å². The van der Waals surface area contributed by atoms with Gasteiger partial charge in [0.25, 0.3) is 0 Å². The molecule has 0 radical (unpaired) electrons. The first-order chi connectivity index (χ1) is 9.87. The standard InChI is InChI=1S/C12H22N4O4S/c1-10-9-11(15-7-5-3-2-4-6-8-15)14-12(13)16(10)20-21(17,18)19/h9-10H,2-8H2,1H3,(H2,13,14)(H,17,18,19). The lowest BCUT2D eigenvalue weighted by molar-refractivity contribution is -0.00962. The van der Waals surface area contributed by atoms with E-state index in [0.717, 1.165) is 36.8 Å². The number of aliphatic imine (C=N–C) groups is 1. The van der Waals surface area contributed by atoms with Crippen molar-refractivity contribution in [2.75, 3.05) is 13.1 Å². The summed E-state index contributed by atoms with van der Waals surface area (Å²) >= 11 is 0. The highest BCUT2D eigenvalue weighted by atomic mass is 32.3. The van der Waals surface area contributed by atoms with Crippen LogP contribution in [0.25, 0.3) is 0 Å². The van der Waals surface area contributed by atoms with Crippen molar-refractivity contribution >= 4 is 16.4 Å². The summed E-state index contributed by atoms with van der Waals surface area (Å²) in [6, 6.07) is -0.440. The van der Waals surface area contributed by atoms with Gasteiger partial charge in [-0.25, -0.2) is 0 Å². The van der Waals surface area contributed by atoms with Gasteiger partial charge in [-0.15, -0.1) is 4.28 Å². The van der Waals surface area contributed by atoms with Crippen LogP contribution in [0.2, 0.25) is 0 Å². The molecule has 2 aliphatic heterocycles. The van der Waals surface area contributed by atoms with Crippen LogP contribution >= 0.6 is 0 Å². The molecule has 120 valence electrons. The third-order valence-corrected chi connectivity index (χ3v) is 3.92. The third kappa shape index (κ3) is 4.58. The molecule has 21 heavy (non-hydrogen) atoms. The second-order valence-corrected chi connectivity index (χ2v) is 6.32. The van der Waals surface area contributed by atoms with E-state index in [2.05, 4.69) is 14.2 Å². The SMILES string of the molecule is CC1C=C(N2CCCCCCC2)N=C(N)N1OS(=O)(=O)O. The van der Waals surface area contributed by atoms with Gasteiger partial charge in [-0.05, 0) is 25.8 Å². The highest BCUT2D eigenvalue weighted by Crippen LogP contribution is 2.21. The van der Waals surface area contributed by atoms with Crippen LogP contribution in [-0.2, 0) is 14.7 Å². The zero-order valence-electron chi connectivity index (χ0n) is 12.1. The van der Waals surface area contributed by atoms with Gasteiger partial charge in [0.05, 0.1) is 6.04 Å². The molecular weight excluding hydrogens is 296 g/mol. The van der Waals surface area contributed by atoms with E-state index in [9.17, 15) is 8.42 Å². The van der Waals surface area contributed by atoms with Gasteiger partial charge in [-0.2, -0.15) is 18.5 Å². The summed E-state index contributed by atoms with van der Waals surface area (Å²) in [4.78, 5) is 6.36. The number of hydroxylamine groups is 2. The molecule has 0 aromatic carbocycles. The lowest BCUT2D eigenvalue weighted by atomic mass is 10.1. The van der Waals surface area contributed by atoms with Gasteiger partial charge >= 0.3 is 10.4 Å². The first kappa shape index (κ1) is 16.1. The zero-order chi connectivity index (χ0) is 15.5. The molecule has 0 spiro atoms. The Hall–Kier alpha value is -1.32. The fraction of sp³-hybridized carbons (Fsp3) is 0.750. The molecule has 1 saturated heterocycles. The summed E-state index contributed by atoms with van der Waals surface area (Å²) in [5.74, 6) is 0.650. The van der Waals surface area contributed by atoms with Crippen molar-refractivity contribution in [3.63, 3.8) is 0 Å². The topological polar surface area (TPSA) is 108 Å². The Morgan fingerprint density at radius 3 is 2.38 bits per heavy atom. The van der Waals surface area contributed by atoms with Gasteiger partial charge in [0.2, 0.25) is 5.96 Å². The summed E-state index contributed by atoms with van der Waals surface area (Å²) in [5.41, 5.74) is 5.75. The smallest absolute Gasteiger partial charge is 0.368 e. The van der Waals surface area contributed by atoms with E-state index in [1.807, 2.05) is 0 Å². The molecule has 2 rings (SSSR count). The second-order valence-electron chi connectivity index (χ2n) is 5.32. The van der Waals surface area contributed by atoms with Crippen molar-refractivity contribution in [1.82, 2.24) is 9.96 Å². The number of nitrogens with two attached hydrogens (primary N) is 1. The van der Waals surface area contributed by atoms with Crippen LogP contribution in [0.1, 0.15) is 39.0 Å². The van der Waals surface area contributed by atoms with Gasteiger partial charge in [-0.1, -0.05) is 19.3 Å². The average molecular weight is 318 g/mol. The van der Waals surface area contributed by atoms with Crippen LogP contribution in [-0.4, -0.2) is 48.0 Å². The van der Waals surface area contributed by atoms with E-state index in [1.165, 1.54) is 19.3 Å². The first-order valence-corrected chi connectivity index (χ1v) is 8.50. The van der Waals surface area contributed by atoms with Crippen LogP contribution in [0.3, 0.4) is 0 Å². The Labute approximate surface area is 125 Å². The predicted molar refractivity (Wildman–Crippen MR) is 78.3 cm³/mol. The summed E-state index contributed by atoms with van der Waals surface area (Å²) in [6.45, 7) is 3.54. The van der Waals surface area contributed by atoms with Crippen LogP contribution < -0.4 is 5.73 Å². The molecule has 0 aliphatic carbocycles. The normalized spacial score (nSPS) is 25.0. The van der Waals surface area contributed by atoms with Gasteiger partial charge < -0.3 is 10.6 Å². The monoisotopic (exact) mass is 318 g/mol. The molecule has 1 unspecified atom stereocenters. The summed E-state index contributed by atoms with van der Waals surface area (Å²) in [7, 11) is -4.62. The van der Waals surface area contributed by atoms with Gasteiger partial charge in [-0.3, -0.25) is 4.55 Å². The summed E-state index contributed by atoms with van der Waals surface area (Å²) < 4.78 is 34.8. The molecule has 1 atom stereocenters. The molecule has 0 aromatic heterocycles. The molecule has 0 saturated carbocycles. The van der Waals surface area contributed by atoms with E-state index in [1.54, 1.807) is 13.0 Å². The molecule has 0 bridgehead atoms. The maximum absolute atomic E-state index is 10.8. The maximum atomic E-state index is 10.8. The van der Waals surface area contributed by atoms with Gasteiger partial charge in [0, 0.05) is 13.1 Å². The third-order valence-electron chi connectivity index (χ3n) is 3.57. The molecule has 8 nitrogen and oxygen atoms in total. The molecule has 2 heterocycles. The molecule has 0 aromatic rings. The Morgan fingerprint density at radius 1 is 1.29 bits per heavy atom. The fourth-order valence-electron chi connectivity index (χ4n) is 2.56. The highest BCUT2D eigenvalue weighted by molar-refractivity contribution is 7.80.